The highest BCUT2D eigenvalue weighted by molar-refractivity contribution is 6.33. The molecule has 2 N–H and O–H groups in total. The normalized spacial score (nSPS) is 28.5. The van der Waals surface area contributed by atoms with E-state index in [0.29, 0.717) is 16.3 Å². The maximum Gasteiger partial charge on any atom is 0.257 e. The van der Waals surface area contributed by atoms with Crippen molar-refractivity contribution in [3.8, 4) is 0 Å². The second-order valence-corrected chi connectivity index (χ2v) is 6.37. The number of piperidine rings is 1. The number of benzene rings is 1. The van der Waals surface area contributed by atoms with Gasteiger partial charge in [0, 0.05) is 31.5 Å². The minimum Gasteiger partial charge on any atom is -0.378 e. The van der Waals surface area contributed by atoms with Crippen LogP contribution in [0, 0.1) is 0 Å². The maximum absolute atomic E-state index is 11.5. The van der Waals surface area contributed by atoms with Gasteiger partial charge < -0.3 is 20.1 Å². The number of fused-ring (bicyclic) bond motifs is 1. The van der Waals surface area contributed by atoms with E-state index in [0.717, 1.165) is 31.6 Å². The number of hydrogen-bond donors (Lipinski definition) is 2. The first-order valence-corrected chi connectivity index (χ1v) is 7.44. The summed E-state index contributed by atoms with van der Waals surface area (Å²) in [7, 11) is 1.73. The fraction of sp³-hybridized carbons (Fsp3) is 0.533. The van der Waals surface area contributed by atoms with Gasteiger partial charge in [-0.2, -0.15) is 0 Å². The summed E-state index contributed by atoms with van der Waals surface area (Å²) in [6, 6.07) is 3.51. The molecule has 0 saturated carbocycles. The molecule has 114 valence electrons. The average molecular weight is 311 g/mol. The van der Waals surface area contributed by atoms with Crippen molar-refractivity contribution in [3.05, 3.63) is 22.7 Å². The van der Waals surface area contributed by atoms with E-state index in [1.54, 1.807) is 13.2 Å². The molecule has 2 aliphatic rings. The number of rotatable bonds is 2. The van der Waals surface area contributed by atoms with E-state index < -0.39 is 12.0 Å². The molecule has 5 nitrogen and oxygen atoms in total. The Morgan fingerprint density at radius 3 is 3.00 bits per heavy atom. The van der Waals surface area contributed by atoms with Gasteiger partial charge in [-0.3, -0.25) is 4.79 Å². The van der Waals surface area contributed by atoms with E-state index in [2.05, 4.69) is 17.1 Å². The summed E-state index contributed by atoms with van der Waals surface area (Å²) >= 11 is 6.36. The number of nitrogens with zero attached hydrogens (tertiary/aromatic N) is 1. The fourth-order valence-corrected chi connectivity index (χ4v) is 3.37. The first-order chi connectivity index (χ1) is 9.93. The van der Waals surface area contributed by atoms with E-state index in [4.69, 9.17) is 16.3 Å². The highest BCUT2D eigenvalue weighted by atomic mass is 35.5. The molecule has 1 saturated heterocycles. The SMILES string of the molecule is COC1(C)CCCN(c2cc3c(cc2Cl)C(O)C(=O)N3)C1. The van der Waals surface area contributed by atoms with Crippen molar-refractivity contribution < 1.29 is 14.6 Å². The predicted molar refractivity (Wildman–Crippen MR) is 81.9 cm³/mol. The number of ether oxygens (including phenoxy) is 1. The van der Waals surface area contributed by atoms with Gasteiger partial charge in [0.2, 0.25) is 0 Å². The fourth-order valence-electron chi connectivity index (χ4n) is 3.07. The molecule has 2 heterocycles. The average Bonchev–Trinajstić information content (AvgIpc) is 2.73. The van der Waals surface area contributed by atoms with Crippen LogP contribution in [-0.4, -0.2) is 36.8 Å². The zero-order valence-corrected chi connectivity index (χ0v) is 12.9. The summed E-state index contributed by atoms with van der Waals surface area (Å²) < 4.78 is 5.60. The minimum absolute atomic E-state index is 0.191. The van der Waals surface area contributed by atoms with Crippen LogP contribution in [0.15, 0.2) is 12.1 Å². The Balaban J connectivity index is 1.93. The second-order valence-electron chi connectivity index (χ2n) is 5.96. The van der Waals surface area contributed by atoms with Gasteiger partial charge in [-0.15, -0.1) is 0 Å². The van der Waals surface area contributed by atoms with Crippen molar-refractivity contribution in [1.29, 1.82) is 0 Å². The summed E-state index contributed by atoms with van der Waals surface area (Å²) in [5.74, 6) is -0.404. The Labute approximate surface area is 128 Å². The van der Waals surface area contributed by atoms with Gasteiger partial charge in [-0.05, 0) is 31.9 Å². The smallest absolute Gasteiger partial charge is 0.257 e. The lowest BCUT2D eigenvalue weighted by Crippen LogP contribution is -2.47. The summed E-state index contributed by atoms with van der Waals surface area (Å²) in [6.07, 6.45) is 0.905. The highest BCUT2D eigenvalue weighted by Gasteiger charge is 2.34. The van der Waals surface area contributed by atoms with E-state index in [1.165, 1.54) is 0 Å². The molecular weight excluding hydrogens is 292 g/mol. The molecule has 0 spiro atoms. The molecule has 2 unspecified atom stereocenters. The zero-order valence-electron chi connectivity index (χ0n) is 12.1. The number of anilines is 2. The van der Waals surface area contributed by atoms with Crippen LogP contribution in [0.3, 0.4) is 0 Å². The third-order valence-electron chi connectivity index (χ3n) is 4.41. The summed E-state index contributed by atoms with van der Waals surface area (Å²) in [5, 5.41) is 13.0. The quantitative estimate of drug-likeness (QED) is 0.880. The summed E-state index contributed by atoms with van der Waals surface area (Å²) in [4.78, 5) is 13.7. The molecule has 0 radical (unpaired) electrons. The lowest BCUT2D eigenvalue weighted by Gasteiger charge is -2.41. The van der Waals surface area contributed by atoms with Crippen LogP contribution in [0.25, 0.3) is 0 Å². The Bertz CT molecular complexity index is 593. The molecule has 2 aliphatic heterocycles. The largest absolute Gasteiger partial charge is 0.378 e. The molecule has 0 aromatic heterocycles. The van der Waals surface area contributed by atoms with Crippen LogP contribution < -0.4 is 10.2 Å². The van der Waals surface area contributed by atoms with Crippen molar-refractivity contribution in [2.24, 2.45) is 0 Å². The van der Waals surface area contributed by atoms with E-state index in [9.17, 15) is 9.90 Å². The number of amides is 1. The topological polar surface area (TPSA) is 61.8 Å². The second kappa shape index (κ2) is 5.16. The molecule has 2 atom stereocenters. The van der Waals surface area contributed by atoms with Crippen LogP contribution in [-0.2, 0) is 9.53 Å². The Morgan fingerprint density at radius 1 is 1.52 bits per heavy atom. The lowest BCUT2D eigenvalue weighted by molar-refractivity contribution is -0.123. The van der Waals surface area contributed by atoms with Crippen LogP contribution in [0.4, 0.5) is 11.4 Å². The molecule has 1 amide bonds. The molecule has 1 aromatic carbocycles. The van der Waals surface area contributed by atoms with Gasteiger partial charge in [0.25, 0.3) is 5.91 Å². The molecule has 3 rings (SSSR count). The van der Waals surface area contributed by atoms with Crippen LogP contribution >= 0.6 is 11.6 Å². The highest BCUT2D eigenvalue weighted by Crippen LogP contribution is 2.40. The Hall–Kier alpha value is -1.30. The lowest BCUT2D eigenvalue weighted by atomic mass is 9.94. The minimum atomic E-state index is -1.13. The molecule has 0 bridgehead atoms. The summed E-state index contributed by atoms with van der Waals surface area (Å²) in [6.45, 7) is 3.73. The van der Waals surface area contributed by atoms with E-state index in [1.807, 2.05) is 6.07 Å². The van der Waals surface area contributed by atoms with Crippen LogP contribution in [0.1, 0.15) is 31.4 Å². The number of methoxy groups -OCH3 is 1. The number of hydrogen-bond acceptors (Lipinski definition) is 4. The number of halogens is 1. The van der Waals surface area contributed by atoms with Gasteiger partial charge in [0.05, 0.1) is 16.3 Å². The Kier molecular flexibility index (Phi) is 3.59. The maximum atomic E-state index is 11.5. The number of aliphatic hydroxyl groups excluding tert-OH is 1. The van der Waals surface area contributed by atoms with Gasteiger partial charge in [0.1, 0.15) is 0 Å². The van der Waals surface area contributed by atoms with E-state index >= 15 is 0 Å². The first kappa shape index (κ1) is 14.6. The van der Waals surface area contributed by atoms with Crippen molar-refractivity contribution in [2.45, 2.75) is 31.5 Å². The molecule has 1 aromatic rings. The summed E-state index contributed by atoms with van der Waals surface area (Å²) in [5.41, 5.74) is 1.85. The number of nitrogens with one attached hydrogen (secondary N) is 1. The standard InChI is InChI=1S/C15H19ClN2O3/c1-15(21-2)4-3-5-18(8-15)12-7-11-9(6-10(12)16)13(19)14(20)17-11/h6-7,13,19H,3-5,8H2,1-2H3,(H,17,20). The molecular formula is C15H19ClN2O3. The first-order valence-electron chi connectivity index (χ1n) is 7.06. The molecule has 21 heavy (non-hydrogen) atoms. The van der Waals surface area contributed by atoms with Gasteiger partial charge in [-0.25, -0.2) is 0 Å². The third kappa shape index (κ3) is 2.50. The number of carbonyl (C=O) groups is 1. The number of aliphatic hydroxyl groups is 1. The van der Waals surface area contributed by atoms with Crippen LogP contribution in [0.5, 0.6) is 0 Å². The van der Waals surface area contributed by atoms with E-state index in [-0.39, 0.29) is 5.60 Å². The van der Waals surface area contributed by atoms with Gasteiger partial charge >= 0.3 is 0 Å². The van der Waals surface area contributed by atoms with Crippen molar-refractivity contribution in [1.82, 2.24) is 0 Å². The number of carbonyl (C=O) groups excluding carboxylic acids is 1. The molecule has 6 heteroatoms. The van der Waals surface area contributed by atoms with Crippen molar-refractivity contribution in [2.75, 3.05) is 30.4 Å². The predicted octanol–water partition coefficient (Wildman–Crippen LogP) is 2.33. The van der Waals surface area contributed by atoms with Gasteiger partial charge in [0.15, 0.2) is 6.10 Å². The third-order valence-corrected chi connectivity index (χ3v) is 4.71. The molecule has 0 aliphatic carbocycles. The molecule has 1 fully saturated rings. The zero-order chi connectivity index (χ0) is 15.2. The van der Waals surface area contributed by atoms with Crippen molar-refractivity contribution in [3.63, 3.8) is 0 Å². The monoisotopic (exact) mass is 310 g/mol. The van der Waals surface area contributed by atoms with Crippen LogP contribution in [0.2, 0.25) is 5.02 Å². The van der Waals surface area contributed by atoms with Crippen molar-refractivity contribution >= 4 is 28.9 Å². The van der Waals surface area contributed by atoms with Gasteiger partial charge in [-0.1, -0.05) is 11.6 Å². The Morgan fingerprint density at radius 2 is 2.29 bits per heavy atom.